The number of sulfonamides is 1. The Morgan fingerprint density at radius 1 is 1.15 bits per heavy atom. The summed E-state index contributed by atoms with van der Waals surface area (Å²) in [4.78, 5) is 12.3. The number of rotatable bonds is 5. The molecule has 0 saturated carbocycles. The molecule has 0 atom stereocenters. The van der Waals surface area contributed by atoms with Crippen LogP contribution in [0.5, 0.6) is 5.75 Å². The number of carbonyl (C=O) groups excluding carboxylic acids is 1. The average Bonchev–Trinajstić information content (AvgIpc) is 2.69. The van der Waals surface area contributed by atoms with Crippen molar-refractivity contribution in [1.29, 1.82) is 0 Å². The maximum absolute atomic E-state index is 13.0. The minimum absolute atomic E-state index is 0.0381. The topological polar surface area (TPSA) is 84.9 Å². The molecule has 27 heavy (non-hydrogen) atoms. The van der Waals surface area contributed by atoms with Gasteiger partial charge in [-0.15, -0.1) is 0 Å². The molecule has 9 heteroatoms. The SMILES string of the molecule is COc1ccc(NC(=O)c2ccc(F)cc2)cc1S(=O)(=O)N1CCOCC1. The zero-order chi connectivity index (χ0) is 19.4. The van der Waals surface area contributed by atoms with Crippen LogP contribution in [0.3, 0.4) is 0 Å². The Hall–Kier alpha value is -2.49. The highest BCUT2D eigenvalue weighted by molar-refractivity contribution is 7.89. The summed E-state index contributed by atoms with van der Waals surface area (Å²) < 4.78 is 50.6. The summed E-state index contributed by atoms with van der Waals surface area (Å²) >= 11 is 0. The molecule has 0 radical (unpaired) electrons. The van der Waals surface area contributed by atoms with E-state index in [1.165, 1.54) is 47.8 Å². The first kappa shape index (κ1) is 19.3. The maximum Gasteiger partial charge on any atom is 0.255 e. The Bertz CT molecular complexity index is 925. The van der Waals surface area contributed by atoms with Gasteiger partial charge in [0.2, 0.25) is 10.0 Å². The highest BCUT2D eigenvalue weighted by Gasteiger charge is 2.29. The minimum Gasteiger partial charge on any atom is -0.495 e. The first-order valence-corrected chi connectivity index (χ1v) is 9.68. The normalized spacial score (nSPS) is 15.3. The quantitative estimate of drug-likeness (QED) is 0.840. The van der Waals surface area contributed by atoms with Gasteiger partial charge in [0.25, 0.3) is 5.91 Å². The molecule has 0 unspecified atom stereocenters. The lowest BCUT2D eigenvalue weighted by molar-refractivity contribution is 0.0729. The van der Waals surface area contributed by atoms with Gasteiger partial charge in [-0.25, -0.2) is 12.8 Å². The summed E-state index contributed by atoms with van der Waals surface area (Å²) in [6, 6.07) is 9.42. The number of hydrogen-bond donors (Lipinski definition) is 1. The van der Waals surface area contributed by atoms with Crippen LogP contribution in [0.2, 0.25) is 0 Å². The lowest BCUT2D eigenvalue weighted by Gasteiger charge is -2.26. The Morgan fingerprint density at radius 3 is 2.44 bits per heavy atom. The van der Waals surface area contributed by atoms with Crippen LogP contribution in [0.25, 0.3) is 0 Å². The molecule has 3 rings (SSSR count). The van der Waals surface area contributed by atoms with Crippen LogP contribution in [0.4, 0.5) is 10.1 Å². The number of hydrogen-bond acceptors (Lipinski definition) is 5. The van der Waals surface area contributed by atoms with E-state index in [0.29, 0.717) is 13.2 Å². The van der Waals surface area contributed by atoms with E-state index in [9.17, 15) is 17.6 Å². The van der Waals surface area contributed by atoms with Crippen molar-refractivity contribution in [2.24, 2.45) is 0 Å². The van der Waals surface area contributed by atoms with Crippen LogP contribution >= 0.6 is 0 Å². The molecular formula is C18H19FN2O5S. The van der Waals surface area contributed by atoms with Crippen molar-refractivity contribution in [3.63, 3.8) is 0 Å². The maximum atomic E-state index is 13.0. The number of benzene rings is 2. The van der Waals surface area contributed by atoms with E-state index in [1.54, 1.807) is 6.07 Å². The second-order valence-corrected chi connectivity index (χ2v) is 7.75. The van der Waals surface area contributed by atoms with Crippen molar-refractivity contribution in [3.05, 3.63) is 53.8 Å². The molecule has 1 amide bonds. The zero-order valence-electron chi connectivity index (χ0n) is 14.6. The Balaban J connectivity index is 1.89. The van der Waals surface area contributed by atoms with E-state index in [2.05, 4.69) is 5.32 Å². The van der Waals surface area contributed by atoms with Crippen molar-refractivity contribution in [2.45, 2.75) is 4.90 Å². The summed E-state index contributed by atoms with van der Waals surface area (Å²) in [6.07, 6.45) is 0. The smallest absolute Gasteiger partial charge is 0.255 e. The summed E-state index contributed by atoms with van der Waals surface area (Å²) in [5.41, 5.74) is 0.543. The molecular weight excluding hydrogens is 375 g/mol. The number of anilines is 1. The van der Waals surface area contributed by atoms with Gasteiger partial charge in [-0.3, -0.25) is 4.79 Å². The minimum atomic E-state index is -3.81. The number of nitrogens with one attached hydrogen (secondary N) is 1. The molecule has 1 fully saturated rings. The molecule has 2 aromatic rings. The predicted octanol–water partition coefficient (Wildman–Crippen LogP) is 2.11. The second-order valence-electron chi connectivity index (χ2n) is 5.84. The van der Waals surface area contributed by atoms with Crippen LogP contribution in [-0.4, -0.2) is 52.0 Å². The molecule has 1 heterocycles. The molecule has 1 saturated heterocycles. The van der Waals surface area contributed by atoms with Gasteiger partial charge < -0.3 is 14.8 Å². The first-order valence-electron chi connectivity index (χ1n) is 8.24. The lowest BCUT2D eigenvalue weighted by atomic mass is 10.2. The molecule has 0 aliphatic carbocycles. The highest BCUT2D eigenvalue weighted by atomic mass is 32.2. The number of carbonyl (C=O) groups is 1. The van der Waals surface area contributed by atoms with E-state index in [1.807, 2.05) is 0 Å². The van der Waals surface area contributed by atoms with Gasteiger partial charge in [0.05, 0.1) is 20.3 Å². The van der Waals surface area contributed by atoms with Crippen molar-refractivity contribution in [1.82, 2.24) is 4.31 Å². The van der Waals surface area contributed by atoms with Crippen LogP contribution in [0, 0.1) is 5.82 Å². The molecule has 2 aromatic carbocycles. The van der Waals surface area contributed by atoms with Crippen molar-refractivity contribution >= 4 is 21.6 Å². The second kappa shape index (κ2) is 8.03. The summed E-state index contributed by atoms with van der Waals surface area (Å²) in [7, 11) is -2.43. The fourth-order valence-electron chi connectivity index (χ4n) is 2.69. The Labute approximate surface area is 156 Å². The van der Waals surface area contributed by atoms with E-state index in [-0.39, 0.29) is 35.0 Å². The third-order valence-corrected chi connectivity index (χ3v) is 6.04. The fraction of sp³-hybridized carbons (Fsp3) is 0.278. The van der Waals surface area contributed by atoms with Crippen LogP contribution in [0.1, 0.15) is 10.4 Å². The summed E-state index contributed by atoms with van der Waals surface area (Å²) in [5.74, 6) is -0.744. The van der Waals surface area contributed by atoms with Crippen molar-refractivity contribution < 1.29 is 27.1 Å². The van der Waals surface area contributed by atoms with Crippen LogP contribution in [0.15, 0.2) is 47.4 Å². The number of methoxy groups -OCH3 is 1. The van der Waals surface area contributed by atoms with E-state index in [4.69, 9.17) is 9.47 Å². The molecule has 1 aliphatic rings. The molecule has 0 bridgehead atoms. The number of amides is 1. The van der Waals surface area contributed by atoms with Crippen molar-refractivity contribution in [2.75, 3.05) is 38.7 Å². The van der Waals surface area contributed by atoms with Gasteiger partial charge in [0.15, 0.2) is 0 Å². The van der Waals surface area contributed by atoms with Crippen molar-refractivity contribution in [3.8, 4) is 5.75 Å². The van der Waals surface area contributed by atoms with Gasteiger partial charge in [0.1, 0.15) is 16.5 Å². The van der Waals surface area contributed by atoms with Gasteiger partial charge >= 0.3 is 0 Å². The highest BCUT2D eigenvalue weighted by Crippen LogP contribution is 2.30. The average molecular weight is 394 g/mol. The van der Waals surface area contributed by atoms with Crippen LogP contribution < -0.4 is 10.1 Å². The van der Waals surface area contributed by atoms with Gasteiger partial charge in [-0.2, -0.15) is 4.31 Å². The Morgan fingerprint density at radius 2 is 1.81 bits per heavy atom. The standard InChI is InChI=1S/C18H19FN2O5S/c1-25-16-7-6-15(20-18(22)13-2-4-14(19)5-3-13)12-17(16)27(23,24)21-8-10-26-11-9-21/h2-7,12H,8-11H2,1H3,(H,20,22). The Kier molecular flexibility index (Phi) is 5.73. The number of morpholine rings is 1. The molecule has 1 aliphatic heterocycles. The van der Waals surface area contributed by atoms with Gasteiger partial charge in [0, 0.05) is 24.3 Å². The third kappa shape index (κ3) is 4.26. The first-order chi connectivity index (χ1) is 12.9. The number of ether oxygens (including phenoxy) is 2. The summed E-state index contributed by atoms with van der Waals surface area (Å²) in [5, 5.41) is 2.62. The number of halogens is 1. The number of nitrogens with zero attached hydrogens (tertiary/aromatic N) is 1. The van der Waals surface area contributed by atoms with E-state index >= 15 is 0 Å². The van der Waals surface area contributed by atoms with Gasteiger partial charge in [-0.05, 0) is 42.5 Å². The predicted molar refractivity (Wildman–Crippen MR) is 96.9 cm³/mol. The third-order valence-electron chi connectivity index (χ3n) is 4.12. The lowest BCUT2D eigenvalue weighted by Crippen LogP contribution is -2.40. The monoisotopic (exact) mass is 394 g/mol. The van der Waals surface area contributed by atoms with Crippen LogP contribution in [-0.2, 0) is 14.8 Å². The molecule has 0 spiro atoms. The largest absolute Gasteiger partial charge is 0.495 e. The molecule has 7 nitrogen and oxygen atoms in total. The van der Waals surface area contributed by atoms with E-state index < -0.39 is 21.7 Å². The summed E-state index contributed by atoms with van der Waals surface area (Å²) in [6.45, 7) is 1.14. The zero-order valence-corrected chi connectivity index (χ0v) is 15.5. The molecule has 0 aromatic heterocycles. The van der Waals surface area contributed by atoms with E-state index in [0.717, 1.165) is 0 Å². The molecule has 144 valence electrons. The molecule has 1 N–H and O–H groups in total. The van der Waals surface area contributed by atoms with Gasteiger partial charge in [-0.1, -0.05) is 0 Å². The fourth-order valence-corrected chi connectivity index (χ4v) is 4.28.